The van der Waals surface area contributed by atoms with E-state index in [9.17, 15) is 9.59 Å². The topological polar surface area (TPSA) is 66.8 Å². The highest BCUT2D eigenvalue weighted by molar-refractivity contribution is 6.09. The van der Waals surface area contributed by atoms with E-state index < -0.39 is 0 Å². The number of carbonyl (C=O) groups excluding carboxylic acids is 2. The minimum absolute atomic E-state index is 0.0189. The zero-order chi connectivity index (χ0) is 13.7. The van der Waals surface area contributed by atoms with Crippen molar-refractivity contribution in [3.63, 3.8) is 0 Å². The lowest BCUT2D eigenvalue weighted by Gasteiger charge is -2.26. The van der Waals surface area contributed by atoms with Gasteiger partial charge in [0.1, 0.15) is 0 Å². The second kappa shape index (κ2) is 6.45. The van der Waals surface area contributed by atoms with E-state index in [4.69, 9.17) is 9.84 Å². The highest BCUT2D eigenvalue weighted by Crippen LogP contribution is 2.19. The monoisotopic (exact) mass is 263 g/mol. The van der Waals surface area contributed by atoms with Crippen LogP contribution in [-0.2, 0) is 16.0 Å². The van der Waals surface area contributed by atoms with Gasteiger partial charge in [0, 0.05) is 18.7 Å². The Morgan fingerprint density at radius 1 is 1.21 bits per heavy atom. The number of hydrogen-bond donors (Lipinski definition) is 1. The van der Waals surface area contributed by atoms with Crippen LogP contribution in [0.1, 0.15) is 22.3 Å². The van der Waals surface area contributed by atoms with Gasteiger partial charge in [-0.2, -0.15) is 0 Å². The number of ether oxygens (including phenoxy) is 1. The van der Waals surface area contributed by atoms with Crippen molar-refractivity contribution >= 4 is 11.8 Å². The SMILES string of the molecule is O=C1Cc2ccccc2C(=O)N1CCCOCCO. The molecule has 0 saturated heterocycles. The molecule has 0 atom stereocenters. The number of amides is 2. The van der Waals surface area contributed by atoms with Gasteiger partial charge in [0.25, 0.3) is 5.91 Å². The zero-order valence-corrected chi connectivity index (χ0v) is 10.7. The van der Waals surface area contributed by atoms with Crippen molar-refractivity contribution in [3.05, 3.63) is 35.4 Å². The molecule has 102 valence electrons. The van der Waals surface area contributed by atoms with Gasteiger partial charge in [0.2, 0.25) is 5.91 Å². The van der Waals surface area contributed by atoms with Crippen molar-refractivity contribution in [3.8, 4) is 0 Å². The molecule has 0 fully saturated rings. The number of benzene rings is 1. The maximum atomic E-state index is 12.2. The average molecular weight is 263 g/mol. The summed E-state index contributed by atoms with van der Waals surface area (Å²) in [4.78, 5) is 25.4. The molecule has 0 radical (unpaired) electrons. The molecule has 0 unspecified atom stereocenters. The van der Waals surface area contributed by atoms with Crippen molar-refractivity contribution in [2.24, 2.45) is 0 Å². The molecular formula is C14H17NO4. The maximum Gasteiger partial charge on any atom is 0.260 e. The summed E-state index contributed by atoms with van der Waals surface area (Å²) >= 11 is 0. The van der Waals surface area contributed by atoms with E-state index in [1.807, 2.05) is 12.1 Å². The number of nitrogens with zero attached hydrogens (tertiary/aromatic N) is 1. The smallest absolute Gasteiger partial charge is 0.260 e. The van der Waals surface area contributed by atoms with Crippen molar-refractivity contribution < 1.29 is 19.4 Å². The number of fused-ring (bicyclic) bond motifs is 1. The third-order valence-corrected chi connectivity index (χ3v) is 3.04. The normalized spacial score (nSPS) is 14.7. The summed E-state index contributed by atoms with van der Waals surface area (Å²) in [6, 6.07) is 7.19. The lowest BCUT2D eigenvalue weighted by molar-refractivity contribution is -0.128. The molecule has 0 aliphatic carbocycles. The van der Waals surface area contributed by atoms with Crippen LogP contribution in [0.4, 0.5) is 0 Å². The van der Waals surface area contributed by atoms with Gasteiger partial charge in [-0.15, -0.1) is 0 Å². The Bertz CT molecular complexity index is 472. The van der Waals surface area contributed by atoms with Gasteiger partial charge in [-0.25, -0.2) is 0 Å². The van der Waals surface area contributed by atoms with Crippen molar-refractivity contribution in [1.82, 2.24) is 4.90 Å². The highest BCUT2D eigenvalue weighted by Gasteiger charge is 2.29. The number of hydrogen-bond acceptors (Lipinski definition) is 4. The minimum Gasteiger partial charge on any atom is -0.394 e. The predicted octanol–water partition coefficient (Wildman–Crippen LogP) is 0.611. The van der Waals surface area contributed by atoms with Crippen LogP contribution in [-0.4, -0.2) is 48.2 Å². The Balaban J connectivity index is 1.95. The molecule has 5 nitrogen and oxygen atoms in total. The predicted molar refractivity (Wildman–Crippen MR) is 68.7 cm³/mol. The number of carbonyl (C=O) groups is 2. The Morgan fingerprint density at radius 2 is 2.00 bits per heavy atom. The van der Waals surface area contributed by atoms with E-state index >= 15 is 0 Å². The third kappa shape index (κ3) is 3.19. The summed E-state index contributed by atoms with van der Waals surface area (Å²) in [5.41, 5.74) is 1.41. The molecular weight excluding hydrogens is 246 g/mol. The minimum atomic E-state index is -0.228. The lowest BCUT2D eigenvalue weighted by atomic mass is 9.98. The molecule has 19 heavy (non-hydrogen) atoms. The molecule has 0 aromatic heterocycles. The average Bonchev–Trinajstić information content (AvgIpc) is 2.42. The fourth-order valence-corrected chi connectivity index (χ4v) is 2.12. The number of imide groups is 1. The summed E-state index contributed by atoms with van der Waals surface area (Å²) in [5, 5.41) is 8.56. The van der Waals surface area contributed by atoms with Gasteiger partial charge >= 0.3 is 0 Å². The number of rotatable bonds is 6. The summed E-state index contributed by atoms with van der Waals surface area (Å²) in [6.07, 6.45) is 0.860. The van der Waals surface area contributed by atoms with E-state index in [0.717, 1.165) is 5.56 Å². The van der Waals surface area contributed by atoms with Gasteiger partial charge < -0.3 is 9.84 Å². The largest absolute Gasteiger partial charge is 0.394 e. The van der Waals surface area contributed by atoms with Crippen LogP contribution in [0.15, 0.2) is 24.3 Å². The van der Waals surface area contributed by atoms with Crippen LogP contribution >= 0.6 is 0 Å². The first kappa shape index (κ1) is 13.7. The first-order valence-corrected chi connectivity index (χ1v) is 6.35. The van der Waals surface area contributed by atoms with Crippen molar-refractivity contribution in [2.45, 2.75) is 12.8 Å². The molecule has 1 heterocycles. The maximum absolute atomic E-state index is 12.2. The molecule has 0 spiro atoms. The lowest BCUT2D eigenvalue weighted by Crippen LogP contribution is -2.43. The number of aliphatic hydroxyl groups excluding tert-OH is 1. The molecule has 2 rings (SSSR count). The van der Waals surface area contributed by atoms with Gasteiger partial charge in [-0.3, -0.25) is 14.5 Å². The second-order valence-electron chi connectivity index (χ2n) is 4.37. The molecule has 0 saturated carbocycles. The van der Waals surface area contributed by atoms with E-state index in [2.05, 4.69) is 0 Å². The fraction of sp³-hybridized carbons (Fsp3) is 0.429. The summed E-state index contributed by atoms with van der Waals surface area (Å²) in [6.45, 7) is 1.05. The van der Waals surface area contributed by atoms with E-state index in [-0.39, 0.29) is 31.4 Å². The van der Waals surface area contributed by atoms with E-state index in [0.29, 0.717) is 25.1 Å². The third-order valence-electron chi connectivity index (χ3n) is 3.04. The van der Waals surface area contributed by atoms with Crippen molar-refractivity contribution in [1.29, 1.82) is 0 Å². The fourth-order valence-electron chi connectivity index (χ4n) is 2.12. The Hall–Kier alpha value is -1.72. The van der Waals surface area contributed by atoms with Crippen LogP contribution in [0.3, 0.4) is 0 Å². The summed E-state index contributed by atoms with van der Waals surface area (Å²) < 4.78 is 5.11. The zero-order valence-electron chi connectivity index (χ0n) is 10.7. The van der Waals surface area contributed by atoms with Crippen LogP contribution in [0, 0.1) is 0 Å². The summed E-state index contributed by atoms with van der Waals surface area (Å²) in [5.74, 6) is -0.389. The molecule has 2 amide bonds. The molecule has 1 N–H and O–H groups in total. The molecule has 5 heteroatoms. The molecule has 1 aliphatic heterocycles. The Morgan fingerprint density at radius 3 is 2.79 bits per heavy atom. The molecule has 1 aromatic carbocycles. The van der Waals surface area contributed by atoms with E-state index in [1.54, 1.807) is 12.1 Å². The van der Waals surface area contributed by atoms with Gasteiger partial charge in [0.05, 0.1) is 19.6 Å². The molecule has 1 aliphatic rings. The van der Waals surface area contributed by atoms with Crippen LogP contribution in [0.5, 0.6) is 0 Å². The molecule has 0 bridgehead atoms. The molecule has 1 aromatic rings. The summed E-state index contributed by atoms with van der Waals surface area (Å²) in [7, 11) is 0. The van der Waals surface area contributed by atoms with Crippen LogP contribution in [0.2, 0.25) is 0 Å². The van der Waals surface area contributed by atoms with Gasteiger partial charge in [0.15, 0.2) is 0 Å². The van der Waals surface area contributed by atoms with Crippen LogP contribution in [0.25, 0.3) is 0 Å². The van der Waals surface area contributed by atoms with Crippen LogP contribution < -0.4 is 0 Å². The first-order valence-electron chi connectivity index (χ1n) is 6.35. The van der Waals surface area contributed by atoms with E-state index in [1.165, 1.54) is 4.90 Å². The van der Waals surface area contributed by atoms with Gasteiger partial charge in [-0.1, -0.05) is 18.2 Å². The first-order chi connectivity index (χ1) is 9.24. The second-order valence-corrected chi connectivity index (χ2v) is 4.37. The van der Waals surface area contributed by atoms with Crippen molar-refractivity contribution in [2.75, 3.05) is 26.4 Å². The number of aliphatic hydroxyl groups is 1. The Kier molecular flexibility index (Phi) is 4.65. The quantitative estimate of drug-likeness (QED) is 0.603. The Labute approximate surface area is 111 Å². The standard InChI is InChI=1S/C14H17NO4/c16-7-9-19-8-3-6-15-13(17)10-11-4-1-2-5-12(11)14(15)18/h1-2,4-5,16H,3,6-10H2. The van der Waals surface area contributed by atoms with Gasteiger partial charge in [-0.05, 0) is 18.1 Å². The highest BCUT2D eigenvalue weighted by atomic mass is 16.5.